The SMILES string of the molecule is COCCCN(C[C@H](O)CO)C[C@]1(O)CC[C@H]2[C@]34C=C[C@@]5(C=C3C(=O)c3ccc(F)c(F)c3)CC(O)CC[C@]5(C)[C@H]4CC[C@@]21C. The fourth-order valence-corrected chi connectivity index (χ4v) is 10.8. The summed E-state index contributed by atoms with van der Waals surface area (Å²) in [6, 6.07) is 3.34. The Kier molecular flexibility index (Phi) is 8.48. The Morgan fingerprint density at radius 2 is 1.78 bits per heavy atom. The number of carbonyl (C=O) groups excluding carboxylic acids is 1. The summed E-state index contributed by atoms with van der Waals surface area (Å²) in [5.74, 6) is -2.42. The second kappa shape index (κ2) is 11.6. The normalized spacial score (nSPS) is 40.6. The summed E-state index contributed by atoms with van der Waals surface area (Å²) >= 11 is 0. The van der Waals surface area contributed by atoms with Gasteiger partial charge in [-0.25, -0.2) is 8.78 Å². The van der Waals surface area contributed by atoms with Gasteiger partial charge in [0.05, 0.1) is 24.4 Å². The van der Waals surface area contributed by atoms with Gasteiger partial charge in [0.1, 0.15) is 0 Å². The standard InChI is InChI=1S/C36H49F2NO6/c1-32-10-7-24(41)18-34(32)13-14-36(26(19-34)31(43)23-5-6-27(37)28(38)17-23)29(32)8-11-33(2)30(36)9-12-35(33,44)22-39(15-4-16-45-3)20-25(42)21-40/h5-6,13-14,17,19,24-25,29-30,40-42,44H,4,7-12,15-16,18,20-22H2,1-3H3/t24?,25-,29+,30+,32+,33-,34-,35+,36+/m0/s1. The quantitative estimate of drug-likeness (QED) is 0.163. The van der Waals surface area contributed by atoms with Gasteiger partial charge in [0, 0.05) is 60.7 Å². The van der Waals surface area contributed by atoms with E-state index in [4.69, 9.17) is 4.74 Å². The van der Waals surface area contributed by atoms with E-state index in [9.17, 15) is 34.0 Å². The fraction of sp³-hybridized carbons (Fsp3) is 0.694. The molecule has 6 aliphatic carbocycles. The van der Waals surface area contributed by atoms with Crippen LogP contribution < -0.4 is 0 Å². The van der Waals surface area contributed by atoms with Gasteiger partial charge in [-0.2, -0.15) is 0 Å². The third-order valence-electron chi connectivity index (χ3n) is 13.1. The smallest absolute Gasteiger partial charge is 0.189 e. The Bertz CT molecular complexity index is 1380. The molecular formula is C36H49F2NO6. The molecular weight excluding hydrogens is 580 g/mol. The van der Waals surface area contributed by atoms with Crippen molar-refractivity contribution in [3.8, 4) is 0 Å². The lowest BCUT2D eigenvalue weighted by atomic mass is 9.32. The first-order valence-electron chi connectivity index (χ1n) is 16.6. The lowest BCUT2D eigenvalue weighted by Crippen LogP contribution is -2.67. The molecule has 6 aliphatic rings. The van der Waals surface area contributed by atoms with Gasteiger partial charge in [0.2, 0.25) is 0 Å². The highest BCUT2D eigenvalue weighted by atomic mass is 19.2. The topological polar surface area (TPSA) is 110 Å². The molecule has 0 amide bonds. The molecule has 45 heavy (non-hydrogen) atoms. The minimum absolute atomic E-state index is 0.0752. The van der Waals surface area contributed by atoms with E-state index in [1.165, 1.54) is 6.07 Å². The van der Waals surface area contributed by atoms with Crippen molar-refractivity contribution in [3.63, 3.8) is 0 Å². The van der Waals surface area contributed by atoms with Gasteiger partial charge in [0.15, 0.2) is 17.4 Å². The number of ketones is 1. The van der Waals surface area contributed by atoms with E-state index < -0.39 is 45.7 Å². The Balaban J connectivity index is 1.43. The van der Waals surface area contributed by atoms with E-state index in [0.29, 0.717) is 57.4 Å². The van der Waals surface area contributed by atoms with Crippen LogP contribution in [0.4, 0.5) is 8.78 Å². The van der Waals surface area contributed by atoms with Gasteiger partial charge < -0.3 is 25.2 Å². The summed E-state index contributed by atoms with van der Waals surface area (Å²) in [7, 11) is 1.64. The molecule has 0 radical (unpaired) electrons. The molecule has 0 aromatic heterocycles. The molecule has 7 rings (SSSR count). The largest absolute Gasteiger partial charge is 0.394 e. The monoisotopic (exact) mass is 629 g/mol. The molecule has 7 nitrogen and oxygen atoms in total. The highest BCUT2D eigenvalue weighted by Gasteiger charge is 2.74. The molecule has 0 aliphatic heterocycles. The number of nitrogens with zero attached hydrogens (tertiary/aromatic N) is 1. The molecule has 1 unspecified atom stereocenters. The maximum absolute atomic E-state index is 14.5. The first-order chi connectivity index (χ1) is 21.3. The first-order valence-corrected chi connectivity index (χ1v) is 16.6. The fourth-order valence-electron chi connectivity index (χ4n) is 10.8. The number of rotatable bonds is 11. The van der Waals surface area contributed by atoms with Crippen molar-refractivity contribution in [2.24, 2.45) is 33.5 Å². The average Bonchev–Trinajstić information content (AvgIpc) is 3.28. The van der Waals surface area contributed by atoms with Crippen molar-refractivity contribution in [2.45, 2.75) is 83.0 Å². The van der Waals surface area contributed by atoms with E-state index in [1.54, 1.807) is 7.11 Å². The highest BCUT2D eigenvalue weighted by Crippen LogP contribution is 2.78. The number of aliphatic hydroxyl groups excluding tert-OH is 3. The van der Waals surface area contributed by atoms with Gasteiger partial charge in [-0.3, -0.25) is 9.69 Å². The summed E-state index contributed by atoms with van der Waals surface area (Å²) < 4.78 is 33.7. The number of benzene rings is 1. The molecule has 1 aromatic carbocycles. The number of hydrogen-bond donors (Lipinski definition) is 4. The summed E-state index contributed by atoms with van der Waals surface area (Å²) in [6.45, 7) is 5.73. The molecule has 4 N–H and O–H groups in total. The Morgan fingerprint density at radius 3 is 2.49 bits per heavy atom. The van der Waals surface area contributed by atoms with Crippen LogP contribution in [0.3, 0.4) is 0 Å². The van der Waals surface area contributed by atoms with E-state index in [-0.39, 0.29) is 41.7 Å². The molecule has 0 saturated heterocycles. The van der Waals surface area contributed by atoms with Crippen molar-refractivity contribution in [3.05, 3.63) is 59.2 Å². The van der Waals surface area contributed by atoms with Crippen molar-refractivity contribution >= 4 is 5.78 Å². The van der Waals surface area contributed by atoms with Crippen LogP contribution in [0, 0.1) is 45.1 Å². The zero-order chi connectivity index (χ0) is 32.4. The number of hydrogen-bond acceptors (Lipinski definition) is 7. The zero-order valence-corrected chi connectivity index (χ0v) is 26.8. The summed E-state index contributed by atoms with van der Waals surface area (Å²) in [4.78, 5) is 16.5. The Morgan fingerprint density at radius 1 is 1.07 bits per heavy atom. The van der Waals surface area contributed by atoms with Crippen LogP contribution in [0.2, 0.25) is 0 Å². The number of allylic oxidation sites excluding steroid dienone is 4. The van der Waals surface area contributed by atoms with Crippen molar-refractivity contribution in [1.82, 2.24) is 4.90 Å². The van der Waals surface area contributed by atoms with Crippen LogP contribution in [-0.2, 0) is 4.74 Å². The lowest BCUT2D eigenvalue weighted by Gasteiger charge is -2.71. The average molecular weight is 630 g/mol. The molecule has 2 spiro atoms. The molecule has 1 aromatic rings. The molecule has 3 fully saturated rings. The van der Waals surface area contributed by atoms with Crippen molar-refractivity contribution in [2.75, 3.05) is 40.0 Å². The second-order valence-electron chi connectivity index (χ2n) is 15.2. The van der Waals surface area contributed by atoms with E-state index in [2.05, 4.69) is 32.1 Å². The van der Waals surface area contributed by atoms with E-state index >= 15 is 0 Å². The molecule has 0 heterocycles. The Hall–Kier alpha value is -2.01. The summed E-state index contributed by atoms with van der Waals surface area (Å²) in [6.07, 6.45) is 10.5. The Labute approximate surface area is 265 Å². The third-order valence-corrected chi connectivity index (χ3v) is 13.1. The van der Waals surface area contributed by atoms with Crippen molar-refractivity contribution in [1.29, 1.82) is 0 Å². The number of methoxy groups -OCH3 is 1. The zero-order valence-electron chi connectivity index (χ0n) is 26.8. The van der Waals surface area contributed by atoms with Gasteiger partial charge in [-0.15, -0.1) is 0 Å². The molecule has 9 heteroatoms. The van der Waals surface area contributed by atoms with Gasteiger partial charge in [0.25, 0.3) is 0 Å². The van der Waals surface area contributed by atoms with Crippen LogP contribution in [0.25, 0.3) is 0 Å². The maximum atomic E-state index is 14.5. The van der Waals surface area contributed by atoms with E-state index in [0.717, 1.165) is 31.4 Å². The number of ether oxygens (including phenoxy) is 1. The predicted octanol–water partition coefficient (Wildman–Crippen LogP) is 4.43. The lowest BCUT2D eigenvalue weighted by molar-refractivity contribution is -0.177. The number of fused-ring (bicyclic) bond motifs is 1. The first kappa shape index (κ1) is 32.9. The number of aliphatic hydroxyl groups is 4. The number of carbonyl (C=O) groups is 1. The number of halogens is 2. The van der Waals surface area contributed by atoms with Crippen LogP contribution >= 0.6 is 0 Å². The van der Waals surface area contributed by atoms with E-state index in [1.807, 2.05) is 4.90 Å². The van der Waals surface area contributed by atoms with Crippen molar-refractivity contribution < 1.29 is 38.7 Å². The molecule has 3 saturated carbocycles. The van der Waals surface area contributed by atoms with Gasteiger partial charge >= 0.3 is 0 Å². The molecule has 9 atom stereocenters. The van der Waals surface area contributed by atoms with Crippen LogP contribution in [-0.4, -0.2) is 88.9 Å². The van der Waals surface area contributed by atoms with Gasteiger partial charge in [-0.05, 0) is 86.8 Å². The molecule has 2 bridgehead atoms. The summed E-state index contributed by atoms with van der Waals surface area (Å²) in [5.41, 5.74) is -2.48. The van der Waals surface area contributed by atoms with Crippen LogP contribution in [0.1, 0.15) is 75.6 Å². The predicted molar refractivity (Wildman–Crippen MR) is 165 cm³/mol. The second-order valence-corrected chi connectivity index (χ2v) is 15.2. The minimum Gasteiger partial charge on any atom is -0.394 e. The third kappa shape index (κ3) is 4.82. The van der Waals surface area contributed by atoms with Crippen LogP contribution in [0.5, 0.6) is 0 Å². The molecule has 248 valence electrons. The van der Waals surface area contributed by atoms with Gasteiger partial charge in [-0.1, -0.05) is 32.1 Å². The van der Waals surface area contributed by atoms with Crippen LogP contribution in [0.15, 0.2) is 42.0 Å². The summed E-state index contributed by atoms with van der Waals surface area (Å²) in [5, 5.41) is 43.4. The highest BCUT2D eigenvalue weighted by molar-refractivity contribution is 6.10. The minimum atomic E-state index is -1.13. The maximum Gasteiger partial charge on any atom is 0.189 e. The number of Topliss-reactive ketones (excluding diaryl/α,β-unsaturated/α-hetero) is 1.